The van der Waals surface area contributed by atoms with Crippen LogP contribution in [0.1, 0.15) is 16.8 Å². The minimum absolute atomic E-state index is 0.259. The van der Waals surface area contributed by atoms with E-state index in [1.165, 1.54) is 11.1 Å². The summed E-state index contributed by atoms with van der Waals surface area (Å²) in [5.74, 6) is 0.965. The second-order valence-corrected chi connectivity index (χ2v) is 5.61. The van der Waals surface area contributed by atoms with Gasteiger partial charge in [-0.15, -0.1) is 23.2 Å². The molecule has 2 rings (SSSR count). The molecule has 0 amide bonds. The highest BCUT2D eigenvalue weighted by Gasteiger charge is 2.31. The molecule has 0 spiro atoms. The normalized spacial score (nSPS) is 11.8. The average molecular weight is 297 g/mol. The van der Waals surface area contributed by atoms with E-state index >= 15 is 0 Å². The number of alkyl halides is 2. The van der Waals surface area contributed by atoms with E-state index in [2.05, 4.69) is 36.3 Å². The van der Waals surface area contributed by atoms with Crippen molar-refractivity contribution in [3.63, 3.8) is 0 Å². The molecule has 0 saturated heterocycles. The largest absolute Gasteiger partial charge is 0.276 e. The maximum absolute atomic E-state index is 6.24. The molecule has 0 saturated carbocycles. The Morgan fingerprint density at radius 1 is 1.11 bits per heavy atom. The van der Waals surface area contributed by atoms with Gasteiger partial charge in [-0.05, 0) is 18.6 Å². The molecular weight excluding hydrogens is 279 g/mol. The molecule has 1 aromatic carbocycles. The highest BCUT2D eigenvalue weighted by Crippen LogP contribution is 2.31. The Labute approximate surface area is 124 Å². The van der Waals surface area contributed by atoms with Crippen LogP contribution in [0.2, 0.25) is 0 Å². The van der Waals surface area contributed by atoms with Crippen LogP contribution in [-0.4, -0.2) is 21.5 Å². The van der Waals surface area contributed by atoms with E-state index in [-0.39, 0.29) is 5.41 Å². The van der Waals surface area contributed by atoms with Crippen LogP contribution >= 0.6 is 23.2 Å². The Morgan fingerprint density at radius 3 is 2.21 bits per heavy atom. The molecule has 0 aliphatic carbocycles. The van der Waals surface area contributed by atoms with Crippen molar-refractivity contribution in [3.8, 4) is 0 Å². The van der Waals surface area contributed by atoms with Crippen LogP contribution < -0.4 is 0 Å². The lowest BCUT2D eigenvalue weighted by atomic mass is 9.80. The predicted octanol–water partition coefficient (Wildman–Crippen LogP) is 3.69. The summed E-state index contributed by atoms with van der Waals surface area (Å²) in [5, 5.41) is 4.43. The summed E-state index contributed by atoms with van der Waals surface area (Å²) in [6.07, 6.45) is 2.70. The molecule has 0 aliphatic heterocycles. The van der Waals surface area contributed by atoms with Gasteiger partial charge in [0.2, 0.25) is 0 Å². The third kappa shape index (κ3) is 3.13. The van der Waals surface area contributed by atoms with Crippen LogP contribution in [0.4, 0.5) is 0 Å². The second kappa shape index (κ2) is 5.98. The predicted molar refractivity (Wildman–Crippen MR) is 81.2 cm³/mol. The third-order valence-electron chi connectivity index (χ3n) is 3.46. The zero-order valence-electron chi connectivity index (χ0n) is 11.2. The molecule has 0 N–H and O–H groups in total. The van der Waals surface area contributed by atoms with Gasteiger partial charge in [-0.2, -0.15) is 5.10 Å². The van der Waals surface area contributed by atoms with Crippen molar-refractivity contribution < 1.29 is 0 Å². The molecule has 1 heterocycles. The fourth-order valence-corrected chi connectivity index (χ4v) is 2.98. The van der Waals surface area contributed by atoms with Crippen molar-refractivity contribution in [1.82, 2.24) is 9.78 Å². The Bertz CT molecular complexity index is 527. The third-order valence-corrected chi connectivity index (χ3v) is 4.49. The lowest BCUT2D eigenvalue weighted by Gasteiger charge is -2.29. The van der Waals surface area contributed by atoms with E-state index in [9.17, 15) is 0 Å². The number of benzene rings is 1. The minimum Gasteiger partial charge on any atom is -0.276 e. The molecule has 0 atom stereocenters. The molecule has 1 aromatic heterocycles. The van der Waals surface area contributed by atoms with Gasteiger partial charge in [0.05, 0.1) is 5.69 Å². The smallest absolute Gasteiger partial charge is 0.0634 e. The number of aromatic nitrogens is 2. The first-order chi connectivity index (χ1) is 9.09. The van der Waals surface area contributed by atoms with Gasteiger partial charge in [-0.3, -0.25) is 4.68 Å². The lowest BCUT2D eigenvalue weighted by molar-refractivity contribution is 0.523. The summed E-state index contributed by atoms with van der Waals surface area (Å²) in [4.78, 5) is 0. The topological polar surface area (TPSA) is 17.8 Å². The Morgan fingerprint density at radius 2 is 1.74 bits per heavy atom. The molecule has 0 fully saturated rings. The van der Waals surface area contributed by atoms with E-state index in [1.807, 2.05) is 19.3 Å². The second-order valence-electron chi connectivity index (χ2n) is 5.07. The Hall–Kier alpha value is -0.990. The van der Waals surface area contributed by atoms with Gasteiger partial charge >= 0.3 is 0 Å². The van der Waals surface area contributed by atoms with Gasteiger partial charge in [0.25, 0.3) is 0 Å². The first kappa shape index (κ1) is 14.4. The SMILES string of the molecule is Cc1ccc(C(CCl)(CCl)Cc2ccn(C)n2)cc1. The monoisotopic (exact) mass is 296 g/mol. The van der Waals surface area contributed by atoms with Crippen LogP contribution in [-0.2, 0) is 18.9 Å². The zero-order chi connectivity index (χ0) is 13.9. The van der Waals surface area contributed by atoms with Crippen molar-refractivity contribution in [2.75, 3.05) is 11.8 Å². The zero-order valence-corrected chi connectivity index (χ0v) is 12.7. The van der Waals surface area contributed by atoms with Gasteiger partial charge in [-0.25, -0.2) is 0 Å². The van der Waals surface area contributed by atoms with Crippen molar-refractivity contribution in [3.05, 3.63) is 53.3 Å². The summed E-state index contributed by atoms with van der Waals surface area (Å²) >= 11 is 12.5. The van der Waals surface area contributed by atoms with Crippen LogP contribution in [0.15, 0.2) is 36.5 Å². The van der Waals surface area contributed by atoms with Gasteiger partial charge in [0.15, 0.2) is 0 Å². The fourth-order valence-electron chi connectivity index (χ4n) is 2.20. The van der Waals surface area contributed by atoms with Gasteiger partial charge < -0.3 is 0 Å². The number of nitrogens with zero attached hydrogens (tertiary/aromatic N) is 2. The molecule has 2 aromatic rings. The van der Waals surface area contributed by atoms with Crippen LogP contribution in [0.25, 0.3) is 0 Å². The number of halogens is 2. The molecule has 0 bridgehead atoms. The number of rotatable bonds is 5. The summed E-state index contributed by atoms with van der Waals surface area (Å²) in [6.45, 7) is 2.08. The number of aryl methyl sites for hydroxylation is 2. The first-order valence-corrected chi connectivity index (χ1v) is 7.34. The van der Waals surface area contributed by atoms with E-state index in [4.69, 9.17) is 23.2 Å². The van der Waals surface area contributed by atoms with Crippen LogP contribution in [0, 0.1) is 6.92 Å². The van der Waals surface area contributed by atoms with Gasteiger partial charge in [0.1, 0.15) is 0 Å². The molecule has 0 aliphatic rings. The molecule has 2 nitrogen and oxygen atoms in total. The van der Waals surface area contributed by atoms with E-state index in [0.717, 1.165) is 12.1 Å². The Balaban J connectivity index is 2.33. The highest BCUT2D eigenvalue weighted by molar-refractivity contribution is 6.22. The summed E-state index contributed by atoms with van der Waals surface area (Å²) < 4.78 is 1.80. The average Bonchev–Trinajstić information content (AvgIpc) is 2.82. The summed E-state index contributed by atoms with van der Waals surface area (Å²) in [6, 6.07) is 10.4. The molecule has 19 heavy (non-hydrogen) atoms. The quantitative estimate of drug-likeness (QED) is 0.770. The van der Waals surface area contributed by atoms with Crippen LogP contribution in [0.5, 0.6) is 0 Å². The first-order valence-electron chi connectivity index (χ1n) is 6.27. The molecular formula is C15H18Cl2N2. The summed E-state index contributed by atoms with van der Waals surface area (Å²) in [5.41, 5.74) is 3.17. The standard InChI is InChI=1S/C15H18Cl2N2/c1-12-3-5-13(6-4-12)15(10-16,11-17)9-14-7-8-19(2)18-14/h3-8H,9-11H2,1-2H3. The molecule has 0 unspecified atom stereocenters. The van der Waals surface area contributed by atoms with Crippen molar-refractivity contribution in [2.24, 2.45) is 7.05 Å². The fraction of sp³-hybridized carbons (Fsp3) is 0.400. The van der Waals surface area contributed by atoms with E-state index in [0.29, 0.717) is 11.8 Å². The van der Waals surface area contributed by atoms with Crippen molar-refractivity contribution >= 4 is 23.2 Å². The molecule has 102 valence electrons. The minimum atomic E-state index is -0.259. The summed E-state index contributed by atoms with van der Waals surface area (Å²) in [7, 11) is 1.92. The van der Waals surface area contributed by atoms with Crippen molar-refractivity contribution in [1.29, 1.82) is 0 Å². The molecule has 0 radical (unpaired) electrons. The molecule has 4 heteroatoms. The number of hydrogen-bond donors (Lipinski definition) is 0. The van der Waals surface area contributed by atoms with Crippen LogP contribution in [0.3, 0.4) is 0 Å². The number of hydrogen-bond acceptors (Lipinski definition) is 1. The van der Waals surface area contributed by atoms with Crippen molar-refractivity contribution in [2.45, 2.75) is 18.8 Å². The Kier molecular flexibility index (Phi) is 4.54. The van der Waals surface area contributed by atoms with E-state index < -0.39 is 0 Å². The van der Waals surface area contributed by atoms with Gasteiger partial charge in [-0.1, -0.05) is 29.8 Å². The highest BCUT2D eigenvalue weighted by atomic mass is 35.5. The maximum atomic E-state index is 6.24. The van der Waals surface area contributed by atoms with E-state index in [1.54, 1.807) is 4.68 Å². The maximum Gasteiger partial charge on any atom is 0.0634 e. The lowest BCUT2D eigenvalue weighted by Crippen LogP contribution is -2.33. The van der Waals surface area contributed by atoms with Gasteiger partial charge in [0, 0.05) is 36.8 Å².